The summed E-state index contributed by atoms with van der Waals surface area (Å²) in [6.45, 7) is 4.21. The van der Waals surface area contributed by atoms with Gasteiger partial charge in [-0.15, -0.1) is 0 Å². The SMILES string of the molecule is C[C@@H]1CN(c2ccc([N+](=O)[O-])cn2)CCO1. The third-order valence-electron chi connectivity index (χ3n) is 2.51. The van der Waals surface area contributed by atoms with Gasteiger partial charge in [0.25, 0.3) is 5.69 Å². The zero-order valence-corrected chi connectivity index (χ0v) is 9.00. The molecule has 0 saturated carbocycles. The molecule has 2 rings (SSSR count). The lowest BCUT2D eigenvalue weighted by Gasteiger charge is -2.31. The summed E-state index contributed by atoms with van der Waals surface area (Å²) in [7, 11) is 0. The molecule has 1 atom stereocenters. The van der Waals surface area contributed by atoms with Crippen LogP contribution in [0.3, 0.4) is 0 Å². The van der Waals surface area contributed by atoms with Gasteiger partial charge in [-0.3, -0.25) is 10.1 Å². The summed E-state index contributed by atoms with van der Waals surface area (Å²) in [6, 6.07) is 3.15. The molecule has 2 heterocycles. The first kappa shape index (κ1) is 10.8. The average Bonchev–Trinajstić information content (AvgIpc) is 2.29. The first-order valence-electron chi connectivity index (χ1n) is 5.14. The van der Waals surface area contributed by atoms with E-state index in [0.29, 0.717) is 6.61 Å². The van der Waals surface area contributed by atoms with Gasteiger partial charge in [0.1, 0.15) is 12.0 Å². The van der Waals surface area contributed by atoms with Gasteiger partial charge < -0.3 is 9.64 Å². The Labute approximate surface area is 93.0 Å². The quantitative estimate of drug-likeness (QED) is 0.557. The fourth-order valence-electron chi connectivity index (χ4n) is 1.70. The molecule has 1 saturated heterocycles. The molecule has 16 heavy (non-hydrogen) atoms. The van der Waals surface area contributed by atoms with Gasteiger partial charge in [0, 0.05) is 19.2 Å². The Morgan fingerprint density at radius 1 is 1.62 bits per heavy atom. The summed E-state index contributed by atoms with van der Waals surface area (Å²) in [4.78, 5) is 16.2. The number of hydrogen-bond donors (Lipinski definition) is 0. The van der Waals surface area contributed by atoms with Crippen LogP contribution in [0.15, 0.2) is 18.3 Å². The molecule has 0 unspecified atom stereocenters. The standard InChI is InChI=1S/C10H13N3O3/c1-8-7-12(4-5-16-8)10-3-2-9(6-11-10)13(14)15/h2-3,6,8H,4-5,7H2,1H3/t8-/m1/s1. The molecule has 6 nitrogen and oxygen atoms in total. The van der Waals surface area contributed by atoms with Crippen molar-refractivity contribution < 1.29 is 9.66 Å². The molecule has 1 aromatic heterocycles. The zero-order chi connectivity index (χ0) is 11.5. The van der Waals surface area contributed by atoms with Crippen molar-refractivity contribution in [1.82, 2.24) is 4.98 Å². The van der Waals surface area contributed by atoms with E-state index in [-0.39, 0.29) is 11.8 Å². The summed E-state index contributed by atoms with van der Waals surface area (Å²) in [5.41, 5.74) is 0.0186. The first-order chi connectivity index (χ1) is 7.66. The second-order valence-electron chi connectivity index (χ2n) is 3.76. The summed E-state index contributed by atoms with van der Waals surface area (Å²) in [6.07, 6.45) is 1.46. The summed E-state index contributed by atoms with van der Waals surface area (Å²) >= 11 is 0. The van der Waals surface area contributed by atoms with Crippen molar-refractivity contribution in [3.8, 4) is 0 Å². The molecule has 1 fully saturated rings. The number of anilines is 1. The third-order valence-corrected chi connectivity index (χ3v) is 2.51. The molecule has 0 bridgehead atoms. The minimum absolute atomic E-state index is 0.0186. The fraction of sp³-hybridized carbons (Fsp3) is 0.500. The second-order valence-corrected chi connectivity index (χ2v) is 3.76. The number of aromatic nitrogens is 1. The van der Waals surface area contributed by atoms with Crippen molar-refractivity contribution in [3.05, 3.63) is 28.4 Å². The molecule has 1 aliphatic heterocycles. The van der Waals surface area contributed by atoms with Crippen molar-refractivity contribution in [2.45, 2.75) is 13.0 Å². The van der Waals surface area contributed by atoms with E-state index < -0.39 is 4.92 Å². The Morgan fingerprint density at radius 2 is 2.44 bits per heavy atom. The number of nitrogens with zero attached hydrogens (tertiary/aromatic N) is 3. The highest BCUT2D eigenvalue weighted by atomic mass is 16.6. The first-order valence-corrected chi connectivity index (χ1v) is 5.14. The van der Waals surface area contributed by atoms with Crippen LogP contribution in [0, 0.1) is 10.1 Å². The number of rotatable bonds is 2. The highest BCUT2D eigenvalue weighted by molar-refractivity contribution is 5.43. The monoisotopic (exact) mass is 223 g/mol. The Morgan fingerprint density at radius 3 is 3.00 bits per heavy atom. The van der Waals surface area contributed by atoms with Crippen LogP contribution in [0.1, 0.15) is 6.92 Å². The predicted molar refractivity (Wildman–Crippen MR) is 58.5 cm³/mol. The number of nitro groups is 1. The minimum Gasteiger partial charge on any atom is -0.375 e. The summed E-state index contributed by atoms with van der Waals surface area (Å²) in [5.74, 6) is 0.765. The molecule has 0 amide bonds. The topological polar surface area (TPSA) is 68.5 Å². The van der Waals surface area contributed by atoms with Crippen molar-refractivity contribution in [1.29, 1.82) is 0 Å². The number of hydrogen-bond acceptors (Lipinski definition) is 5. The molecule has 86 valence electrons. The number of ether oxygens (including phenoxy) is 1. The van der Waals surface area contributed by atoms with E-state index in [1.807, 2.05) is 6.92 Å². The molecule has 0 radical (unpaired) electrons. The van der Waals surface area contributed by atoms with Crippen LogP contribution in [0.5, 0.6) is 0 Å². The molecule has 0 aromatic carbocycles. The molecule has 0 aliphatic carbocycles. The van der Waals surface area contributed by atoms with E-state index in [2.05, 4.69) is 9.88 Å². The van der Waals surface area contributed by atoms with Gasteiger partial charge in [-0.05, 0) is 13.0 Å². The molecular formula is C10H13N3O3. The van der Waals surface area contributed by atoms with E-state index in [1.165, 1.54) is 12.3 Å². The summed E-state index contributed by atoms with van der Waals surface area (Å²) < 4.78 is 5.41. The lowest BCUT2D eigenvalue weighted by atomic mass is 10.3. The van der Waals surface area contributed by atoms with Crippen LogP contribution < -0.4 is 4.90 Å². The zero-order valence-electron chi connectivity index (χ0n) is 9.00. The van der Waals surface area contributed by atoms with Gasteiger partial charge >= 0.3 is 0 Å². The van der Waals surface area contributed by atoms with Crippen molar-refractivity contribution >= 4 is 11.5 Å². The van der Waals surface area contributed by atoms with Crippen LogP contribution in [0.25, 0.3) is 0 Å². The Hall–Kier alpha value is -1.69. The maximum atomic E-state index is 10.5. The molecule has 0 spiro atoms. The van der Waals surface area contributed by atoms with E-state index in [1.54, 1.807) is 6.07 Å². The largest absolute Gasteiger partial charge is 0.375 e. The highest BCUT2D eigenvalue weighted by Crippen LogP contribution is 2.17. The van der Waals surface area contributed by atoms with E-state index in [4.69, 9.17) is 4.74 Å². The van der Waals surface area contributed by atoms with E-state index in [0.717, 1.165) is 18.9 Å². The maximum Gasteiger partial charge on any atom is 0.287 e. The molecule has 6 heteroatoms. The van der Waals surface area contributed by atoms with E-state index >= 15 is 0 Å². The fourth-order valence-corrected chi connectivity index (χ4v) is 1.70. The average molecular weight is 223 g/mol. The highest BCUT2D eigenvalue weighted by Gasteiger charge is 2.18. The predicted octanol–water partition coefficient (Wildman–Crippen LogP) is 1.21. The van der Waals surface area contributed by atoms with Crippen LogP contribution >= 0.6 is 0 Å². The Balaban J connectivity index is 2.11. The maximum absolute atomic E-state index is 10.5. The van der Waals surface area contributed by atoms with Crippen LogP contribution in [0.2, 0.25) is 0 Å². The number of morpholine rings is 1. The Kier molecular flexibility index (Phi) is 3.00. The van der Waals surface area contributed by atoms with Gasteiger partial charge in [0.15, 0.2) is 0 Å². The molecule has 1 aliphatic rings. The third kappa shape index (κ3) is 2.27. The lowest BCUT2D eigenvalue weighted by molar-refractivity contribution is -0.385. The van der Waals surface area contributed by atoms with E-state index in [9.17, 15) is 10.1 Å². The molecule has 0 N–H and O–H groups in total. The molecule has 1 aromatic rings. The van der Waals surface area contributed by atoms with Gasteiger partial charge in [-0.25, -0.2) is 4.98 Å². The normalized spacial score (nSPS) is 20.8. The van der Waals surface area contributed by atoms with Crippen LogP contribution in [-0.4, -0.2) is 35.7 Å². The van der Waals surface area contributed by atoms with Gasteiger partial charge in [-0.1, -0.05) is 0 Å². The van der Waals surface area contributed by atoms with Crippen LogP contribution in [-0.2, 0) is 4.74 Å². The van der Waals surface area contributed by atoms with Crippen LogP contribution in [0.4, 0.5) is 11.5 Å². The Bertz CT molecular complexity index is 379. The summed E-state index contributed by atoms with van der Waals surface area (Å²) in [5, 5.41) is 10.5. The van der Waals surface area contributed by atoms with Crippen molar-refractivity contribution in [2.24, 2.45) is 0 Å². The molecular weight excluding hydrogens is 210 g/mol. The number of pyridine rings is 1. The van der Waals surface area contributed by atoms with Crippen molar-refractivity contribution in [3.63, 3.8) is 0 Å². The smallest absolute Gasteiger partial charge is 0.287 e. The second kappa shape index (κ2) is 4.44. The minimum atomic E-state index is -0.446. The van der Waals surface area contributed by atoms with Gasteiger partial charge in [-0.2, -0.15) is 0 Å². The van der Waals surface area contributed by atoms with Gasteiger partial charge in [0.2, 0.25) is 0 Å². The lowest BCUT2D eigenvalue weighted by Crippen LogP contribution is -2.41. The van der Waals surface area contributed by atoms with Gasteiger partial charge in [0.05, 0.1) is 17.6 Å². The van der Waals surface area contributed by atoms with Crippen molar-refractivity contribution in [2.75, 3.05) is 24.6 Å².